The Morgan fingerprint density at radius 3 is 2.45 bits per heavy atom. The second kappa shape index (κ2) is 9.22. The number of ether oxygens (including phenoxy) is 2. The van der Waals surface area contributed by atoms with Gasteiger partial charge in [-0.15, -0.1) is 0 Å². The average molecular weight is 425 g/mol. The number of benzene rings is 1. The highest BCUT2D eigenvalue weighted by Crippen LogP contribution is 2.26. The Hall–Kier alpha value is -3.33. The quantitative estimate of drug-likeness (QED) is 0.655. The molecule has 164 valence electrons. The summed E-state index contributed by atoms with van der Waals surface area (Å²) in [5.74, 6) is 2.24. The van der Waals surface area contributed by atoms with Crippen LogP contribution in [0.5, 0.6) is 11.5 Å². The maximum atomic E-state index is 12.7. The summed E-state index contributed by atoms with van der Waals surface area (Å²) in [6.07, 6.45) is 1.80. The summed E-state index contributed by atoms with van der Waals surface area (Å²) in [5.41, 5.74) is 2.50. The van der Waals surface area contributed by atoms with E-state index in [-0.39, 0.29) is 6.03 Å². The summed E-state index contributed by atoms with van der Waals surface area (Å²) in [6.45, 7) is 6.74. The molecule has 1 aromatic carbocycles. The molecule has 1 aliphatic heterocycles. The fourth-order valence-electron chi connectivity index (χ4n) is 3.84. The SMILES string of the molecule is COc1cc(NC(=O)N2CCN(CCn3c(C)nc4cccnc43)CC2)cc(OC)c1. The normalized spacial score (nSPS) is 14.6. The molecule has 2 aromatic heterocycles. The molecule has 0 bridgehead atoms. The van der Waals surface area contributed by atoms with Crippen LogP contribution in [-0.2, 0) is 6.54 Å². The zero-order chi connectivity index (χ0) is 21.8. The van der Waals surface area contributed by atoms with Gasteiger partial charge in [0, 0.05) is 69.4 Å². The number of piperazine rings is 1. The van der Waals surface area contributed by atoms with E-state index in [1.807, 2.05) is 24.0 Å². The fraction of sp³-hybridized carbons (Fsp3) is 0.409. The number of hydrogen-bond acceptors (Lipinski definition) is 6. The van der Waals surface area contributed by atoms with Gasteiger partial charge in [-0.25, -0.2) is 14.8 Å². The summed E-state index contributed by atoms with van der Waals surface area (Å²) >= 11 is 0. The van der Waals surface area contributed by atoms with E-state index in [1.54, 1.807) is 38.6 Å². The predicted molar refractivity (Wildman–Crippen MR) is 119 cm³/mol. The van der Waals surface area contributed by atoms with Gasteiger partial charge in [0.15, 0.2) is 5.65 Å². The Morgan fingerprint density at radius 1 is 1.06 bits per heavy atom. The predicted octanol–water partition coefficient (Wildman–Crippen LogP) is 2.61. The number of fused-ring (bicyclic) bond motifs is 1. The highest BCUT2D eigenvalue weighted by Gasteiger charge is 2.22. The first kappa shape index (κ1) is 20.9. The number of aromatic nitrogens is 3. The van der Waals surface area contributed by atoms with E-state index in [2.05, 4.69) is 24.8 Å². The number of aryl methyl sites for hydroxylation is 1. The number of pyridine rings is 1. The molecule has 4 rings (SSSR count). The largest absolute Gasteiger partial charge is 0.497 e. The molecule has 3 heterocycles. The molecule has 1 fully saturated rings. The standard InChI is InChI=1S/C22H28N6O3/c1-16-24-20-5-4-6-23-21(20)28(16)12-9-26-7-10-27(11-8-26)22(29)25-17-13-18(30-2)15-19(14-17)31-3/h4-6,13-15H,7-12H2,1-3H3,(H,25,29). The van der Waals surface area contributed by atoms with E-state index in [0.717, 1.165) is 43.2 Å². The van der Waals surface area contributed by atoms with Crippen molar-refractivity contribution in [2.75, 3.05) is 52.3 Å². The molecule has 1 saturated heterocycles. The first-order valence-corrected chi connectivity index (χ1v) is 10.4. The number of imidazole rings is 1. The van der Waals surface area contributed by atoms with Crippen molar-refractivity contribution in [1.82, 2.24) is 24.3 Å². The van der Waals surface area contributed by atoms with Crippen LogP contribution in [0.25, 0.3) is 11.2 Å². The molecular formula is C22H28N6O3. The van der Waals surface area contributed by atoms with E-state index in [1.165, 1.54) is 0 Å². The molecule has 0 saturated carbocycles. The van der Waals surface area contributed by atoms with Crippen LogP contribution in [0.3, 0.4) is 0 Å². The van der Waals surface area contributed by atoms with Crippen molar-refractivity contribution in [3.8, 4) is 11.5 Å². The number of nitrogens with one attached hydrogen (secondary N) is 1. The highest BCUT2D eigenvalue weighted by atomic mass is 16.5. The Bertz CT molecular complexity index is 1040. The lowest BCUT2D eigenvalue weighted by Crippen LogP contribution is -2.50. The van der Waals surface area contributed by atoms with Gasteiger partial charge in [0.2, 0.25) is 0 Å². The first-order chi connectivity index (χ1) is 15.1. The van der Waals surface area contributed by atoms with Gasteiger partial charge >= 0.3 is 6.03 Å². The third-order valence-electron chi connectivity index (χ3n) is 5.60. The molecule has 1 aliphatic rings. The van der Waals surface area contributed by atoms with Gasteiger partial charge in [-0.1, -0.05) is 0 Å². The van der Waals surface area contributed by atoms with Crippen LogP contribution in [0.2, 0.25) is 0 Å². The maximum Gasteiger partial charge on any atom is 0.321 e. The average Bonchev–Trinajstić information content (AvgIpc) is 3.12. The van der Waals surface area contributed by atoms with E-state index in [4.69, 9.17) is 9.47 Å². The van der Waals surface area contributed by atoms with Crippen molar-refractivity contribution in [3.63, 3.8) is 0 Å². The van der Waals surface area contributed by atoms with E-state index in [9.17, 15) is 4.79 Å². The smallest absolute Gasteiger partial charge is 0.321 e. The highest BCUT2D eigenvalue weighted by molar-refractivity contribution is 5.90. The molecule has 0 spiro atoms. The summed E-state index contributed by atoms with van der Waals surface area (Å²) in [6, 6.07) is 9.11. The molecule has 9 nitrogen and oxygen atoms in total. The monoisotopic (exact) mass is 424 g/mol. The topological polar surface area (TPSA) is 84.8 Å². The lowest BCUT2D eigenvalue weighted by Gasteiger charge is -2.34. The number of nitrogens with zero attached hydrogens (tertiary/aromatic N) is 5. The lowest BCUT2D eigenvalue weighted by molar-refractivity contribution is 0.144. The Kier molecular flexibility index (Phi) is 6.22. The third kappa shape index (κ3) is 4.72. The molecule has 0 unspecified atom stereocenters. The first-order valence-electron chi connectivity index (χ1n) is 10.4. The summed E-state index contributed by atoms with van der Waals surface area (Å²) in [5, 5.41) is 2.95. The molecule has 0 atom stereocenters. The second-order valence-corrected chi connectivity index (χ2v) is 7.52. The number of rotatable bonds is 6. The van der Waals surface area contributed by atoms with Crippen LogP contribution >= 0.6 is 0 Å². The van der Waals surface area contributed by atoms with Gasteiger partial charge in [0.1, 0.15) is 22.8 Å². The van der Waals surface area contributed by atoms with Gasteiger partial charge in [-0.3, -0.25) is 4.90 Å². The molecule has 1 N–H and O–H groups in total. The van der Waals surface area contributed by atoms with Gasteiger partial charge in [0.05, 0.1) is 14.2 Å². The molecule has 31 heavy (non-hydrogen) atoms. The number of urea groups is 1. The molecule has 2 amide bonds. The lowest BCUT2D eigenvalue weighted by atomic mass is 10.2. The number of carbonyl (C=O) groups excluding carboxylic acids is 1. The Balaban J connectivity index is 1.30. The zero-order valence-electron chi connectivity index (χ0n) is 18.2. The Labute approximate surface area is 181 Å². The van der Waals surface area contributed by atoms with Crippen molar-refractivity contribution < 1.29 is 14.3 Å². The molecule has 3 aromatic rings. The van der Waals surface area contributed by atoms with Gasteiger partial charge in [-0.2, -0.15) is 0 Å². The summed E-state index contributed by atoms with van der Waals surface area (Å²) < 4.78 is 12.7. The number of carbonyl (C=O) groups is 1. The fourth-order valence-corrected chi connectivity index (χ4v) is 3.84. The van der Waals surface area contributed by atoms with E-state index in [0.29, 0.717) is 30.3 Å². The summed E-state index contributed by atoms with van der Waals surface area (Å²) in [4.78, 5) is 26.0. The van der Waals surface area contributed by atoms with Gasteiger partial charge < -0.3 is 24.3 Å². The second-order valence-electron chi connectivity index (χ2n) is 7.52. The number of amides is 2. The number of hydrogen-bond donors (Lipinski definition) is 1. The number of methoxy groups -OCH3 is 2. The van der Waals surface area contributed by atoms with Crippen molar-refractivity contribution in [1.29, 1.82) is 0 Å². The van der Waals surface area contributed by atoms with Crippen LogP contribution in [0.15, 0.2) is 36.5 Å². The van der Waals surface area contributed by atoms with Crippen LogP contribution in [0.1, 0.15) is 5.82 Å². The van der Waals surface area contributed by atoms with Gasteiger partial charge in [-0.05, 0) is 19.1 Å². The Morgan fingerprint density at radius 2 is 1.77 bits per heavy atom. The van der Waals surface area contributed by atoms with E-state index >= 15 is 0 Å². The van der Waals surface area contributed by atoms with Crippen LogP contribution in [0.4, 0.5) is 10.5 Å². The minimum atomic E-state index is -0.115. The molecule has 0 aliphatic carbocycles. The minimum Gasteiger partial charge on any atom is -0.497 e. The molecule has 0 radical (unpaired) electrons. The van der Waals surface area contributed by atoms with E-state index < -0.39 is 0 Å². The van der Waals surface area contributed by atoms with Crippen molar-refractivity contribution in [2.24, 2.45) is 0 Å². The number of anilines is 1. The molecule has 9 heteroatoms. The van der Waals surface area contributed by atoms with Crippen LogP contribution in [-0.4, -0.2) is 77.3 Å². The maximum absolute atomic E-state index is 12.7. The zero-order valence-corrected chi connectivity index (χ0v) is 18.2. The minimum absolute atomic E-state index is 0.115. The van der Waals surface area contributed by atoms with Gasteiger partial charge in [0.25, 0.3) is 0 Å². The van der Waals surface area contributed by atoms with Crippen molar-refractivity contribution in [3.05, 3.63) is 42.4 Å². The van der Waals surface area contributed by atoms with Crippen LogP contribution < -0.4 is 14.8 Å². The van der Waals surface area contributed by atoms with Crippen molar-refractivity contribution in [2.45, 2.75) is 13.5 Å². The van der Waals surface area contributed by atoms with Crippen molar-refractivity contribution >= 4 is 22.9 Å². The third-order valence-corrected chi connectivity index (χ3v) is 5.60. The summed E-state index contributed by atoms with van der Waals surface area (Å²) in [7, 11) is 3.17. The molecular weight excluding hydrogens is 396 g/mol. The van der Waals surface area contributed by atoms with Crippen LogP contribution in [0, 0.1) is 6.92 Å².